The molecule has 110 valence electrons. The Morgan fingerprint density at radius 3 is 2.70 bits per heavy atom. The molecule has 1 atom stereocenters. The summed E-state index contributed by atoms with van der Waals surface area (Å²) in [6.07, 6.45) is -6.18. The van der Waals surface area contributed by atoms with E-state index >= 15 is 0 Å². The van der Waals surface area contributed by atoms with Crippen molar-refractivity contribution in [3.63, 3.8) is 0 Å². The highest BCUT2D eigenvalue weighted by Gasteiger charge is 2.39. The van der Waals surface area contributed by atoms with Crippen molar-refractivity contribution < 1.29 is 28.0 Å². The molecule has 8 nitrogen and oxygen atoms in total. The Balaban J connectivity index is 3.22. The van der Waals surface area contributed by atoms with Crippen molar-refractivity contribution >= 4 is 11.5 Å². The van der Waals surface area contributed by atoms with Crippen LogP contribution in [0.25, 0.3) is 0 Å². The second kappa shape index (κ2) is 5.59. The number of oxime groups is 1. The van der Waals surface area contributed by atoms with Gasteiger partial charge in [0.05, 0.1) is 10.5 Å². The van der Waals surface area contributed by atoms with E-state index in [1.165, 1.54) is 0 Å². The molecule has 3 N–H and O–H groups in total. The highest BCUT2D eigenvalue weighted by atomic mass is 19.4. The summed E-state index contributed by atoms with van der Waals surface area (Å²) >= 11 is 0. The van der Waals surface area contributed by atoms with Crippen molar-refractivity contribution in [1.82, 2.24) is 4.98 Å². The molecule has 0 aliphatic rings. The number of halogens is 3. The Kier molecular flexibility index (Phi) is 4.32. The van der Waals surface area contributed by atoms with Gasteiger partial charge in [-0.05, 0) is 6.92 Å². The van der Waals surface area contributed by atoms with E-state index in [9.17, 15) is 23.3 Å². The first-order chi connectivity index (χ1) is 9.16. The minimum Gasteiger partial charge on any atom is -0.464 e. The van der Waals surface area contributed by atoms with Crippen LogP contribution in [0.4, 0.5) is 18.9 Å². The molecular formula is C9H9F3N4O4. The maximum Gasteiger partial charge on any atom is 0.425 e. The van der Waals surface area contributed by atoms with Crippen LogP contribution in [0.1, 0.15) is 12.5 Å². The van der Waals surface area contributed by atoms with Gasteiger partial charge in [0.15, 0.2) is 11.9 Å². The normalized spacial score (nSPS) is 13.9. The predicted octanol–water partition coefficient (Wildman–Crippen LogP) is 1.41. The van der Waals surface area contributed by atoms with Crippen molar-refractivity contribution in [3.05, 3.63) is 27.9 Å². The van der Waals surface area contributed by atoms with Gasteiger partial charge in [0.2, 0.25) is 5.88 Å². The summed E-state index contributed by atoms with van der Waals surface area (Å²) in [6.45, 7) is 0.721. The summed E-state index contributed by atoms with van der Waals surface area (Å²) in [7, 11) is 0. The Morgan fingerprint density at radius 1 is 1.65 bits per heavy atom. The first kappa shape index (κ1) is 15.5. The number of hydrogen-bond donors (Lipinski definition) is 2. The third-order valence-electron chi connectivity index (χ3n) is 2.18. The maximum atomic E-state index is 12.4. The minimum absolute atomic E-state index is 0.419. The average Bonchev–Trinajstić information content (AvgIpc) is 2.36. The number of amidine groups is 1. The summed E-state index contributed by atoms with van der Waals surface area (Å²) in [5.41, 5.74) is 4.26. The highest BCUT2D eigenvalue weighted by Crippen LogP contribution is 2.27. The van der Waals surface area contributed by atoms with Crippen LogP contribution in [0.3, 0.4) is 0 Å². The van der Waals surface area contributed by atoms with Crippen LogP contribution in [0.5, 0.6) is 5.88 Å². The molecular weight excluding hydrogens is 285 g/mol. The van der Waals surface area contributed by atoms with E-state index in [1.807, 2.05) is 0 Å². The number of pyridine rings is 1. The zero-order valence-corrected chi connectivity index (χ0v) is 9.96. The van der Waals surface area contributed by atoms with Gasteiger partial charge in [0.1, 0.15) is 6.20 Å². The van der Waals surface area contributed by atoms with E-state index in [1.54, 1.807) is 0 Å². The van der Waals surface area contributed by atoms with E-state index in [2.05, 4.69) is 14.9 Å². The van der Waals surface area contributed by atoms with Crippen LogP contribution < -0.4 is 10.5 Å². The van der Waals surface area contributed by atoms with Gasteiger partial charge in [-0.2, -0.15) is 13.2 Å². The van der Waals surface area contributed by atoms with Gasteiger partial charge >= 0.3 is 6.18 Å². The largest absolute Gasteiger partial charge is 0.464 e. The van der Waals surface area contributed by atoms with Crippen molar-refractivity contribution in [2.24, 2.45) is 10.9 Å². The van der Waals surface area contributed by atoms with Gasteiger partial charge in [0.25, 0.3) is 5.69 Å². The maximum absolute atomic E-state index is 12.4. The number of aromatic nitrogens is 1. The van der Waals surface area contributed by atoms with Crippen LogP contribution in [0.15, 0.2) is 17.4 Å². The second-order valence-electron chi connectivity index (χ2n) is 3.59. The van der Waals surface area contributed by atoms with Crippen molar-refractivity contribution in [2.45, 2.75) is 19.2 Å². The minimum atomic E-state index is -4.66. The molecule has 0 saturated heterocycles. The summed E-state index contributed by atoms with van der Waals surface area (Å²) in [4.78, 5) is 13.1. The van der Waals surface area contributed by atoms with Crippen LogP contribution in [0.2, 0.25) is 0 Å². The molecule has 0 amide bonds. The fraction of sp³-hybridized carbons (Fsp3) is 0.333. The molecule has 0 aliphatic heterocycles. The zero-order valence-electron chi connectivity index (χ0n) is 9.96. The number of alkyl halides is 3. The van der Waals surface area contributed by atoms with Crippen LogP contribution in [-0.4, -0.2) is 33.2 Å². The van der Waals surface area contributed by atoms with E-state index in [-0.39, 0.29) is 0 Å². The highest BCUT2D eigenvalue weighted by molar-refractivity contribution is 5.99. The summed E-state index contributed by atoms with van der Waals surface area (Å²) in [5.74, 6) is -1.29. The second-order valence-corrected chi connectivity index (χ2v) is 3.59. The molecule has 0 radical (unpaired) electrons. The lowest BCUT2D eigenvalue weighted by Crippen LogP contribution is -2.32. The SMILES string of the molecule is CC(Oc1ncc([N+](=O)[O-])cc1C(N)=NO)C(F)(F)F. The van der Waals surface area contributed by atoms with Gasteiger partial charge < -0.3 is 15.7 Å². The molecule has 1 heterocycles. The lowest BCUT2D eigenvalue weighted by atomic mass is 10.2. The first-order valence-electron chi connectivity index (χ1n) is 5.02. The molecule has 1 unspecified atom stereocenters. The van der Waals surface area contributed by atoms with E-state index in [0.717, 1.165) is 13.0 Å². The molecule has 1 rings (SSSR count). The quantitative estimate of drug-likeness (QED) is 0.284. The predicted molar refractivity (Wildman–Crippen MR) is 59.5 cm³/mol. The molecule has 0 spiro atoms. The van der Waals surface area contributed by atoms with Crippen molar-refractivity contribution in [3.8, 4) is 5.88 Å². The van der Waals surface area contributed by atoms with Gasteiger partial charge in [-0.1, -0.05) is 5.16 Å². The van der Waals surface area contributed by atoms with Gasteiger partial charge in [-0.15, -0.1) is 0 Å². The number of nitrogens with zero attached hydrogens (tertiary/aromatic N) is 3. The van der Waals surface area contributed by atoms with E-state index in [4.69, 9.17) is 10.9 Å². The van der Waals surface area contributed by atoms with Gasteiger partial charge in [-0.25, -0.2) is 4.98 Å². The summed E-state index contributed by atoms with van der Waals surface area (Å²) < 4.78 is 41.7. The lowest BCUT2D eigenvalue weighted by molar-refractivity contribution is -0.385. The average molecular weight is 294 g/mol. The summed E-state index contributed by atoms with van der Waals surface area (Å²) in [5, 5.41) is 21.6. The zero-order chi connectivity index (χ0) is 15.5. The Bertz CT molecular complexity index is 546. The van der Waals surface area contributed by atoms with Crippen molar-refractivity contribution in [2.75, 3.05) is 0 Å². The molecule has 20 heavy (non-hydrogen) atoms. The summed E-state index contributed by atoms with van der Waals surface area (Å²) in [6, 6.07) is 0.792. The van der Waals surface area contributed by atoms with Gasteiger partial charge in [-0.3, -0.25) is 10.1 Å². The molecule has 11 heteroatoms. The fourth-order valence-electron chi connectivity index (χ4n) is 1.11. The third-order valence-corrected chi connectivity index (χ3v) is 2.18. The molecule has 0 bridgehead atoms. The Labute approximate surface area is 109 Å². The van der Waals surface area contributed by atoms with Gasteiger partial charge in [0, 0.05) is 6.07 Å². The van der Waals surface area contributed by atoms with E-state index < -0.39 is 40.2 Å². The number of rotatable bonds is 4. The molecule has 0 fully saturated rings. The number of hydrogen-bond acceptors (Lipinski definition) is 6. The number of ether oxygens (including phenoxy) is 1. The monoisotopic (exact) mass is 294 g/mol. The fourth-order valence-corrected chi connectivity index (χ4v) is 1.11. The molecule has 1 aromatic heterocycles. The van der Waals surface area contributed by atoms with Crippen LogP contribution >= 0.6 is 0 Å². The molecule has 1 aromatic rings. The lowest BCUT2D eigenvalue weighted by Gasteiger charge is -2.18. The first-order valence-corrected chi connectivity index (χ1v) is 5.02. The number of nitro groups is 1. The smallest absolute Gasteiger partial charge is 0.425 e. The molecule has 0 aromatic carbocycles. The third kappa shape index (κ3) is 3.46. The Morgan fingerprint density at radius 2 is 2.25 bits per heavy atom. The Hall–Kier alpha value is -2.59. The molecule has 0 saturated carbocycles. The van der Waals surface area contributed by atoms with Crippen molar-refractivity contribution in [1.29, 1.82) is 0 Å². The number of nitrogens with two attached hydrogens (primary N) is 1. The van der Waals surface area contributed by atoms with Crippen LogP contribution in [-0.2, 0) is 0 Å². The van der Waals surface area contributed by atoms with E-state index in [0.29, 0.717) is 6.20 Å². The molecule has 0 aliphatic carbocycles. The van der Waals surface area contributed by atoms with Crippen LogP contribution in [0, 0.1) is 10.1 Å². The topological polar surface area (TPSA) is 124 Å². The standard InChI is InChI=1S/C9H9F3N4O4/c1-4(9(10,11)12)20-8-6(7(13)15-17)2-5(3-14-8)16(18)19/h2-4,17H,1H3,(H2,13,15).